The summed E-state index contributed by atoms with van der Waals surface area (Å²) in [4.78, 5) is 18.2. The number of carbonyl (C=O) groups is 1. The Balaban J connectivity index is 1.60. The van der Waals surface area contributed by atoms with Gasteiger partial charge in [0.25, 0.3) is 0 Å². The molecule has 3 aromatic rings. The normalized spacial score (nSPS) is 15.6. The maximum atomic E-state index is 11.4. The second-order valence-electron chi connectivity index (χ2n) is 6.45. The second kappa shape index (κ2) is 6.55. The van der Waals surface area contributed by atoms with Crippen molar-refractivity contribution in [2.75, 3.05) is 10.2 Å². The number of Topliss-reactive ketones (excluding diaryl/α,β-unsaturated/α-hetero) is 1. The van der Waals surface area contributed by atoms with Crippen LogP contribution in [0.3, 0.4) is 0 Å². The summed E-state index contributed by atoms with van der Waals surface area (Å²) >= 11 is 0. The average molecular weight is 345 g/mol. The third kappa shape index (κ3) is 3.01. The van der Waals surface area contributed by atoms with Crippen LogP contribution in [0.1, 0.15) is 29.8 Å². The van der Waals surface area contributed by atoms with Crippen LogP contribution in [0.4, 0.5) is 23.1 Å². The molecular formula is C20H19N5O. The molecule has 0 spiro atoms. The zero-order valence-corrected chi connectivity index (χ0v) is 14.7. The van der Waals surface area contributed by atoms with Crippen LogP contribution in [0.5, 0.6) is 0 Å². The van der Waals surface area contributed by atoms with E-state index in [1.165, 1.54) is 5.56 Å². The summed E-state index contributed by atoms with van der Waals surface area (Å²) in [5, 5.41) is 11.3. The lowest BCUT2D eigenvalue weighted by Crippen LogP contribution is -2.25. The molecular weight excluding hydrogens is 326 g/mol. The van der Waals surface area contributed by atoms with E-state index in [0.717, 1.165) is 23.6 Å². The fourth-order valence-corrected chi connectivity index (χ4v) is 3.30. The van der Waals surface area contributed by atoms with Crippen molar-refractivity contribution in [1.29, 1.82) is 0 Å². The van der Waals surface area contributed by atoms with Crippen molar-refractivity contribution in [3.8, 4) is 0 Å². The quantitative estimate of drug-likeness (QED) is 0.723. The molecule has 1 aliphatic heterocycles. The molecule has 130 valence electrons. The number of para-hydroxylation sites is 1. The van der Waals surface area contributed by atoms with Crippen molar-refractivity contribution in [3.05, 3.63) is 65.9 Å². The number of nitrogens with one attached hydrogen (secondary N) is 1. The first-order chi connectivity index (χ1) is 12.6. The Labute approximate surface area is 151 Å². The molecule has 6 heteroatoms. The van der Waals surface area contributed by atoms with E-state index in [2.05, 4.69) is 50.5 Å². The molecule has 4 rings (SSSR count). The Morgan fingerprint density at radius 2 is 1.92 bits per heavy atom. The van der Waals surface area contributed by atoms with E-state index in [9.17, 15) is 4.79 Å². The number of hydrogen-bond donors (Lipinski definition) is 1. The standard InChI is InChI=1S/C20H19N5O/c1-13-11-16-5-3-4-6-18(16)25(13)19-12-21-24-20(23-19)22-17-9-7-15(8-10-17)14(2)26/h3-10,12-13H,11H2,1-2H3,(H,22,23,24). The Morgan fingerprint density at radius 1 is 1.15 bits per heavy atom. The van der Waals surface area contributed by atoms with E-state index in [1.807, 2.05) is 18.2 Å². The van der Waals surface area contributed by atoms with Crippen LogP contribution in [0.15, 0.2) is 54.7 Å². The Kier molecular flexibility index (Phi) is 4.08. The Hall–Kier alpha value is -3.28. The number of benzene rings is 2. The summed E-state index contributed by atoms with van der Waals surface area (Å²) < 4.78 is 0. The molecule has 1 atom stereocenters. The minimum Gasteiger partial charge on any atom is -0.323 e. The molecule has 6 nitrogen and oxygen atoms in total. The minimum atomic E-state index is 0.0400. The van der Waals surface area contributed by atoms with Gasteiger partial charge in [0.15, 0.2) is 11.6 Å². The molecule has 0 saturated heterocycles. The number of fused-ring (bicyclic) bond motifs is 1. The van der Waals surface area contributed by atoms with Gasteiger partial charge >= 0.3 is 0 Å². The van der Waals surface area contributed by atoms with Gasteiger partial charge in [0, 0.05) is 23.0 Å². The zero-order valence-electron chi connectivity index (χ0n) is 14.7. The summed E-state index contributed by atoms with van der Waals surface area (Å²) in [6.07, 6.45) is 2.66. The lowest BCUT2D eigenvalue weighted by atomic mass is 10.1. The van der Waals surface area contributed by atoms with Crippen LogP contribution in [-0.2, 0) is 6.42 Å². The number of carbonyl (C=O) groups excluding carboxylic acids is 1. The van der Waals surface area contributed by atoms with Gasteiger partial charge in [-0.1, -0.05) is 18.2 Å². The van der Waals surface area contributed by atoms with Crippen molar-refractivity contribution in [2.24, 2.45) is 0 Å². The molecule has 0 bridgehead atoms. The molecule has 1 N–H and O–H groups in total. The molecule has 1 aliphatic rings. The van der Waals surface area contributed by atoms with Crippen LogP contribution in [-0.4, -0.2) is 27.0 Å². The fourth-order valence-electron chi connectivity index (χ4n) is 3.30. The van der Waals surface area contributed by atoms with Crippen LogP contribution < -0.4 is 10.2 Å². The summed E-state index contributed by atoms with van der Waals surface area (Å²) in [6.45, 7) is 3.73. The van der Waals surface area contributed by atoms with Gasteiger partial charge in [-0.2, -0.15) is 10.1 Å². The van der Waals surface area contributed by atoms with Gasteiger partial charge < -0.3 is 10.2 Å². The summed E-state index contributed by atoms with van der Waals surface area (Å²) in [5.74, 6) is 1.23. The highest BCUT2D eigenvalue weighted by Gasteiger charge is 2.28. The van der Waals surface area contributed by atoms with Crippen molar-refractivity contribution in [2.45, 2.75) is 26.3 Å². The van der Waals surface area contributed by atoms with Crippen LogP contribution in [0.2, 0.25) is 0 Å². The van der Waals surface area contributed by atoms with Crippen molar-refractivity contribution in [1.82, 2.24) is 15.2 Å². The van der Waals surface area contributed by atoms with Crippen molar-refractivity contribution in [3.63, 3.8) is 0 Å². The molecule has 26 heavy (non-hydrogen) atoms. The number of ketones is 1. The predicted molar refractivity (Wildman–Crippen MR) is 101 cm³/mol. The third-order valence-corrected chi connectivity index (χ3v) is 4.55. The lowest BCUT2D eigenvalue weighted by Gasteiger charge is -2.23. The average Bonchev–Trinajstić information content (AvgIpc) is 2.98. The SMILES string of the molecule is CC(=O)c1ccc(Nc2nncc(N3c4ccccc4CC3C)n2)cc1. The zero-order chi connectivity index (χ0) is 18.1. The molecule has 1 aromatic heterocycles. The van der Waals surface area contributed by atoms with Gasteiger partial charge in [0.05, 0.1) is 6.20 Å². The minimum absolute atomic E-state index is 0.0400. The summed E-state index contributed by atoms with van der Waals surface area (Å²) in [5.41, 5.74) is 3.96. The summed E-state index contributed by atoms with van der Waals surface area (Å²) in [6, 6.07) is 15.9. The molecule has 1 unspecified atom stereocenters. The monoisotopic (exact) mass is 345 g/mol. The van der Waals surface area contributed by atoms with Gasteiger partial charge in [-0.05, 0) is 56.2 Å². The van der Waals surface area contributed by atoms with E-state index in [1.54, 1.807) is 25.3 Å². The molecule has 2 heterocycles. The molecule has 0 aliphatic carbocycles. The van der Waals surface area contributed by atoms with E-state index in [0.29, 0.717) is 17.6 Å². The highest BCUT2D eigenvalue weighted by molar-refractivity contribution is 5.94. The molecule has 0 fully saturated rings. The largest absolute Gasteiger partial charge is 0.323 e. The predicted octanol–water partition coefficient (Wildman–Crippen LogP) is 3.90. The first-order valence-electron chi connectivity index (χ1n) is 8.57. The van der Waals surface area contributed by atoms with Crippen molar-refractivity contribution >= 4 is 28.9 Å². The maximum absolute atomic E-state index is 11.4. The Bertz CT molecular complexity index is 954. The molecule has 0 amide bonds. The van der Waals surface area contributed by atoms with E-state index < -0.39 is 0 Å². The highest BCUT2D eigenvalue weighted by Crippen LogP contribution is 2.37. The smallest absolute Gasteiger partial charge is 0.249 e. The topological polar surface area (TPSA) is 71.0 Å². The molecule has 0 radical (unpaired) electrons. The number of rotatable bonds is 4. The first kappa shape index (κ1) is 16.2. The highest BCUT2D eigenvalue weighted by atomic mass is 16.1. The van der Waals surface area contributed by atoms with Crippen LogP contribution in [0.25, 0.3) is 0 Å². The lowest BCUT2D eigenvalue weighted by molar-refractivity contribution is 0.101. The van der Waals surface area contributed by atoms with Gasteiger partial charge in [0.1, 0.15) is 0 Å². The number of aromatic nitrogens is 3. The second-order valence-corrected chi connectivity index (χ2v) is 6.45. The number of hydrogen-bond acceptors (Lipinski definition) is 6. The Morgan fingerprint density at radius 3 is 2.69 bits per heavy atom. The van der Waals surface area contributed by atoms with E-state index in [-0.39, 0.29) is 5.78 Å². The number of nitrogens with zero attached hydrogens (tertiary/aromatic N) is 4. The van der Waals surface area contributed by atoms with Gasteiger partial charge in [-0.25, -0.2) is 0 Å². The fraction of sp³-hybridized carbons (Fsp3) is 0.200. The molecule has 2 aromatic carbocycles. The first-order valence-corrected chi connectivity index (χ1v) is 8.57. The van der Waals surface area contributed by atoms with E-state index in [4.69, 9.17) is 0 Å². The van der Waals surface area contributed by atoms with E-state index >= 15 is 0 Å². The van der Waals surface area contributed by atoms with Gasteiger partial charge in [-0.15, -0.1) is 5.10 Å². The van der Waals surface area contributed by atoms with Crippen LogP contribution in [0, 0.1) is 0 Å². The van der Waals surface area contributed by atoms with Gasteiger partial charge in [0.2, 0.25) is 5.95 Å². The maximum Gasteiger partial charge on any atom is 0.249 e. The van der Waals surface area contributed by atoms with Crippen molar-refractivity contribution < 1.29 is 4.79 Å². The molecule has 0 saturated carbocycles. The van der Waals surface area contributed by atoms with Gasteiger partial charge in [-0.3, -0.25) is 4.79 Å². The van der Waals surface area contributed by atoms with Crippen LogP contribution >= 0.6 is 0 Å². The third-order valence-electron chi connectivity index (χ3n) is 4.55. The number of anilines is 4. The summed E-state index contributed by atoms with van der Waals surface area (Å²) in [7, 11) is 0.